The third-order valence-corrected chi connectivity index (χ3v) is 5.12. The molecule has 6 nitrogen and oxygen atoms in total. The van der Waals surface area contributed by atoms with Gasteiger partial charge in [0.15, 0.2) is 5.69 Å². The average molecular weight is 387 g/mol. The van der Waals surface area contributed by atoms with Crippen molar-refractivity contribution in [2.75, 3.05) is 26.7 Å². The second kappa shape index (κ2) is 8.67. The number of halogens is 1. The van der Waals surface area contributed by atoms with Crippen molar-refractivity contribution in [1.29, 1.82) is 0 Å². The van der Waals surface area contributed by atoms with E-state index in [9.17, 15) is 19.4 Å². The fraction of sp³-hybridized carbons (Fsp3) is 0.429. The molecule has 7 heteroatoms. The maximum absolute atomic E-state index is 13.0. The van der Waals surface area contributed by atoms with E-state index in [0.29, 0.717) is 45.4 Å². The Morgan fingerprint density at radius 3 is 2.71 bits per heavy atom. The Morgan fingerprint density at radius 2 is 2.00 bits per heavy atom. The number of aromatic nitrogens is 1. The SMILES string of the molecule is CN(Cc1ccc(F)cc1)C[C@@]1(O)CCCN(C(=O)c2ncccc2O)CC1. The molecule has 2 aromatic rings. The maximum Gasteiger partial charge on any atom is 0.276 e. The zero-order chi connectivity index (χ0) is 20.1. The van der Waals surface area contributed by atoms with Gasteiger partial charge in [0, 0.05) is 32.4 Å². The third-order valence-electron chi connectivity index (χ3n) is 5.12. The summed E-state index contributed by atoms with van der Waals surface area (Å²) in [5.74, 6) is -0.717. The van der Waals surface area contributed by atoms with Crippen LogP contribution < -0.4 is 0 Å². The number of pyridine rings is 1. The molecule has 150 valence electrons. The quantitative estimate of drug-likeness (QED) is 0.824. The molecule has 1 amide bonds. The van der Waals surface area contributed by atoms with Crippen LogP contribution in [-0.2, 0) is 6.54 Å². The van der Waals surface area contributed by atoms with Crippen LogP contribution in [0.3, 0.4) is 0 Å². The van der Waals surface area contributed by atoms with Gasteiger partial charge in [0.1, 0.15) is 11.6 Å². The molecule has 2 N–H and O–H groups in total. The van der Waals surface area contributed by atoms with Crippen molar-refractivity contribution in [1.82, 2.24) is 14.8 Å². The highest BCUT2D eigenvalue weighted by molar-refractivity contribution is 5.94. The van der Waals surface area contributed by atoms with Gasteiger partial charge in [-0.3, -0.25) is 9.69 Å². The van der Waals surface area contributed by atoms with Gasteiger partial charge in [0.25, 0.3) is 5.91 Å². The van der Waals surface area contributed by atoms with E-state index in [1.165, 1.54) is 24.4 Å². The molecule has 0 unspecified atom stereocenters. The molecule has 3 rings (SSSR count). The largest absolute Gasteiger partial charge is 0.505 e. The van der Waals surface area contributed by atoms with Gasteiger partial charge in [-0.1, -0.05) is 12.1 Å². The molecule has 1 atom stereocenters. The van der Waals surface area contributed by atoms with Crippen molar-refractivity contribution in [3.63, 3.8) is 0 Å². The van der Waals surface area contributed by atoms with Gasteiger partial charge in [-0.2, -0.15) is 0 Å². The molecule has 28 heavy (non-hydrogen) atoms. The van der Waals surface area contributed by atoms with E-state index < -0.39 is 5.60 Å². The molecule has 1 aliphatic heterocycles. The molecule has 0 bridgehead atoms. The number of nitrogens with zero attached hydrogens (tertiary/aromatic N) is 3. The molecular formula is C21H26FN3O3. The van der Waals surface area contributed by atoms with E-state index in [-0.39, 0.29) is 23.2 Å². The number of carbonyl (C=O) groups is 1. The van der Waals surface area contributed by atoms with Crippen LogP contribution in [-0.4, -0.2) is 63.2 Å². The van der Waals surface area contributed by atoms with E-state index in [1.807, 2.05) is 11.9 Å². The minimum Gasteiger partial charge on any atom is -0.505 e. The first kappa shape index (κ1) is 20.2. The fourth-order valence-electron chi connectivity index (χ4n) is 3.71. The Bertz CT molecular complexity index is 815. The van der Waals surface area contributed by atoms with Crippen LogP contribution in [0.4, 0.5) is 4.39 Å². The van der Waals surface area contributed by atoms with Crippen LogP contribution in [0.1, 0.15) is 35.3 Å². The molecule has 0 radical (unpaired) electrons. The number of hydrogen-bond donors (Lipinski definition) is 2. The number of likely N-dealkylation sites (tertiary alicyclic amines) is 1. The molecule has 0 aliphatic carbocycles. The van der Waals surface area contributed by atoms with E-state index in [2.05, 4.69) is 4.98 Å². The van der Waals surface area contributed by atoms with Crippen molar-refractivity contribution in [3.05, 3.63) is 59.7 Å². The maximum atomic E-state index is 13.0. The number of aliphatic hydroxyl groups is 1. The summed E-state index contributed by atoms with van der Waals surface area (Å²) in [5.41, 5.74) is 0.112. The van der Waals surface area contributed by atoms with E-state index >= 15 is 0 Å². The van der Waals surface area contributed by atoms with Crippen LogP contribution in [0.5, 0.6) is 5.75 Å². The lowest BCUT2D eigenvalue weighted by Gasteiger charge is -2.31. The van der Waals surface area contributed by atoms with Gasteiger partial charge in [-0.15, -0.1) is 0 Å². The van der Waals surface area contributed by atoms with Gasteiger partial charge in [0.2, 0.25) is 0 Å². The molecule has 0 saturated carbocycles. The number of amides is 1. The van der Waals surface area contributed by atoms with Gasteiger partial charge in [-0.05, 0) is 56.1 Å². The summed E-state index contributed by atoms with van der Waals surface area (Å²) in [7, 11) is 1.92. The van der Waals surface area contributed by atoms with Crippen LogP contribution in [0.15, 0.2) is 42.6 Å². The molecule has 2 heterocycles. The Labute approximate surface area is 164 Å². The summed E-state index contributed by atoms with van der Waals surface area (Å²) in [6.07, 6.45) is 3.17. The van der Waals surface area contributed by atoms with Crippen molar-refractivity contribution < 1.29 is 19.4 Å². The highest BCUT2D eigenvalue weighted by Crippen LogP contribution is 2.25. The summed E-state index contributed by atoms with van der Waals surface area (Å²) >= 11 is 0. The number of carbonyl (C=O) groups excluding carboxylic acids is 1. The van der Waals surface area contributed by atoms with Gasteiger partial charge in [-0.25, -0.2) is 9.37 Å². The first-order chi connectivity index (χ1) is 13.4. The van der Waals surface area contributed by atoms with E-state index in [4.69, 9.17) is 0 Å². The molecule has 1 aromatic carbocycles. The van der Waals surface area contributed by atoms with E-state index in [1.54, 1.807) is 23.1 Å². The van der Waals surface area contributed by atoms with Crippen molar-refractivity contribution in [3.8, 4) is 5.75 Å². The third kappa shape index (κ3) is 5.05. The summed E-state index contributed by atoms with van der Waals surface area (Å²) < 4.78 is 13.0. The first-order valence-electron chi connectivity index (χ1n) is 9.45. The molecule has 1 aliphatic rings. The van der Waals surface area contributed by atoms with Crippen LogP contribution in [0, 0.1) is 5.82 Å². The fourth-order valence-corrected chi connectivity index (χ4v) is 3.71. The van der Waals surface area contributed by atoms with Crippen LogP contribution in [0.2, 0.25) is 0 Å². The van der Waals surface area contributed by atoms with Gasteiger partial charge >= 0.3 is 0 Å². The number of benzene rings is 1. The molecule has 1 fully saturated rings. The Kier molecular flexibility index (Phi) is 6.26. The average Bonchev–Trinajstić information content (AvgIpc) is 2.85. The zero-order valence-corrected chi connectivity index (χ0v) is 16.0. The lowest BCUT2D eigenvalue weighted by molar-refractivity contribution is -0.00402. The van der Waals surface area contributed by atoms with Gasteiger partial charge in [0.05, 0.1) is 5.60 Å². The lowest BCUT2D eigenvalue weighted by Crippen LogP contribution is -2.42. The zero-order valence-electron chi connectivity index (χ0n) is 16.0. The second-order valence-electron chi connectivity index (χ2n) is 7.54. The van der Waals surface area contributed by atoms with Crippen LogP contribution in [0.25, 0.3) is 0 Å². The number of aromatic hydroxyl groups is 1. The summed E-state index contributed by atoms with van der Waals surface area (Å²) in [6, 6.07) is 9.36. The lowest BCUT2D eigenvalue weighted by atomic mass is 9.94. The Morgan fingerprint density at radius 1 is 1.25 bits per heavy atom. The normalized spacial score (nSPS) is 20.2. The minimum atomic E-state index is -0.907. The Hall–Kier alpha value is -2.51. The highest BCUT2D eigenvalue weighted by Gasteiger charge is 2.33. The predicted octanol–water partition coefficient (Wildman–Crippen LogP) is 2.42. The molecule has 0 spiro atoms. The van der Waals surface area contributed by atoms with E-state index in [0.717, 1.165) is 5.56 Å². The topological polar surface area (TPSA) is 76.9 Å². The summed E-state index contributed by atoms with van der Waals surface area (Å²) in [4.78, 5) is 20.3. The minimum absolute atomic E-state index is 0.0429. The molecular weight excluding hydrogens is 361 g/mol. The number of likely N-dealkylation sites (N-methyl/N-ethyl adjacent to an activating group) is 1. The smallest absolute Gasteiger partial charge is 0.276 e. The second-order valence-corrected chi connectivity index (χ2v) is 7.54. The van der Waals surface area contributed by atoms with Gasteiger partial charge < -0.3 is 15.1 Å². The predicted molar refractivity (Wildman–Crippen MR) is 103 cm³/mol. The standard InChI is InChI=1S/C21H26FN3O3/c1-24(14-16-5-7-17(22)8-6-16)15-21(28)9-3-12-25(13-10-21)20(27)19-18(26)4-2-11-23-19/h2,4-8,11,26,28H,3,9-10,12-15H2,1H3/t21-/m1/s1. The molecule has 1 saturated heterocycles. The monoisotopic (exact) mass is 387 g/mol. The van der Waals surface area contributed by atoms with Crippen molar-refractivity contribution in [2.45, 2.75) is 31.4 Å². The van der Waals surface area contributed by atoms with Crippen LogP contribution >= 0.6 is 0 Å². The highest BCUT2D eigenvalue weighted by atomic mass is 19.1. The number of hydrogen-bond acceptors (Lipinski definition) is 5. The number of rotatable bonds is 5. The van der Waals surface area contributed by atoms with Crippen molar-refractivity contribution >= 4 is 5.91 Å². The molecule has 1 aromatic heterocycles. The Balaban J connectivity index is 1.59. The summed E-state index contributed by atoms with van der Waals surface area (Å²) in [5, 5.41) is 20.9. The van der Waals surface area contributed by atoms with Crippen molar-refractivity contribution in [2.24, 2.45) is 0 Å². The summed E-state index contributed by atoms with van der Waals surface area (Å²) in [6.45, 7) is 1.98. The first-order valence-corrected chi connectivity index (χ1v) is 9.45.